The smallest absolute Gasteiger partial charge is 0.314 e. The zero-order valence-electron chi connectivity index (χ0n) is 19.5. The van der Waals surface area contributed by atoms with Crippen LogP contribution in [-0.4, -0.2) is 83.7 Å². The van der Waals surface area contributed by atoms with Crippen LogP contribution in [0.3, 0.4) is 0 Å². The number of halogens is 2. The van der Waals surface area contributed by atoms with Crippen LogP contribution in [0.2, 0.25) is 5.02 Å². The molecule has 2 aromatic heterocycles. The van der Waals surface area contributed by atoms with Gasteiger partial charge in [-0.1, -0.05) is 11.6 Å². The normalized spacial score (nSPS) is 13.9. The van der Waals surface area contributed by atoms with E-state index in [2.05, 4.69) is 30.8 Å². The molecule has 35 heavy (non-hydrogen) atoms. The molecule has 2 aromatic rings. The number of carbonyl (C=O) groups is 4. The van der Waals surface area contributed by atoms with E-state index in [1.807, 2.05) is 7.05 Å². The first kappa shape index (κ1) is 28.4. The van der Waals surface area contributed by atoms with Crippen molar-refractivity contribution in [2.45, 2.75) is 25.4 Å². The summed E-state index contributed by atoms with van der Waals surface area (Å²) in [6, 6.07) is 1.87. The number of anilines is 1. The van der Waals surface area contributed by atoms with Crippen molar-refractivity contribution >= 4 is 64.8 Å². The van der Waals surface area contributed by atoms with Crippen molar-refractivity contribution < 1.29 is 19.2 Å². The van der Waals surface area contributed by atoms with E-state index in [0.717, 1.165) is 30.0 Å². The molecule has 3 heterocycles. The molecule has 3 N–H and O–H groups in total. The number of rotatable bonds is 6. The maximum atomic E-state index is 12.9. The maximum absolute atomic E-state index is 12.9. The average Bonchev–Trinajstić information content (AvgIpc) is 3.11. The summed E-state index contributed by atoms with van der Waals surface area (Å²) in [4.78, 5) is 62.7. The zero-order valence-corrected chi connectivity index (χ0v) is 21.9. The second-order valence-corrected chi connectivity index (χ2v) is 9.53. The Kier molecular flexibility index (Phi) is 10.4. The maximum Gasteiger partial charge on any atom is 0.314 e. The van der Waals surface area contributed by atoms with Crippen molar-refractivity contribution in [3.63, 3.8) is 0 Å². The molecule has 14 heteroatoms. The summed E-state index contributed by atoms with van der Waals surface area (Å²) in [5, 5.41) is 7.98. The molecule has 1 aliphatic heterocycles. The zero-order chi connectivity index (χ0) is 24.8. The number of thiazole rings is 1. The predicted octanol–water partition coefficient (Wildman–Crippen LogP) is 0.933. The Morgan fingerprint density at radius 2 is 1.97 bits per heavy atom. The molecule has 0 saturated heterocycles. The van der Waals surface area contributed by atoms with E-state index >= 15 is 0 Å². The third kappa shape index (κ3) is 7.85. The van der Waals surface area contributed by atoms with Gasteiger partial charge in [-0.25, -0.2) is 9.97 Å². The van der Waals surface area contributed by atoms with Crippen molar-refractivity contribution in [3.05, 3.63) is 38.9 Å². The van der Waals surface area contributed by atoms with Gasteiger partial charge in [0, 0.05) is 38.3 Å². The predicted molar refractivity (Wildman–Crippen MR) is 135 cm³/mol. The summed E-state index contributed by atoms with van der Waals surface area (Å²) in [6.45, 7) is 1.40. The van der Waals surface area contributed by atoms with Crippen LogP contribution in [0.5, 0.6) is 0 Å². The van der Waals surface area contributed by atoms with Gasteiger partial charge in [0.25, 0.3) is 5.91 Å². The monoisotopic (exact) mass is 543 g/mol. The van der Waals surface area contributed by atoms with Crippen LogP contribution in [0.15, 0.2) is 18.3 Å². The van der Waals surface area contributed by atoms with E-state index in [-0.39, 0.29) is 29.8 Å². The summed E-state index contributed by atoms with van der Waals surface area (Å²) in [6.07, 6.45) is 3.07. The fourth-order valence-corrected chi connectivity index (χ4v) is 4.47. The lowest BCUT2D eigenvalue weighted by atomic mass is 10.2. The van der Waals surface area contributed by atoms with E-state index in [4.69, 9.17) is 11.6 Å². The van der Waals surface area contributed by atoms with Gasteiger partial charge in [0.2, 0.25) is 5.91 Å². The second kappa shape index (κ2) is 12.8. The number of aryl methyl sites for hydroxylation is 1. The molecule has 0 fully saturated rings. The third-order valence-corrected chi connectivity index (χ3v) is 6.33. The van der Waals surface area contributed by atoms with E-state index in [0.29, 0.717) is 11.6 Å². The Morgan fingerprint density at radius 3 is 2.63 bits per heavy atom. The van der Waals surface area contributed by atoms with Gasteiger partial charge in [0.1, 0.15) is 11.9 Å². The van der Waals surface area contributed by atoms with Crippen LogP contribution < -0.4 is 16.0 Å². The van der Waals surface area contributed by atoms with Crippen LogP contribution in [-0.2, 0) is 27.3 Å². The summed E-state index contributed by atoms with van der Waals surface area (Å²) >= 11 is 7.05. The summed E-state index contributed by atoms with van der Waals surface area (Å²) in [5.74, 6) is -2.75. The number of amides is 4. The Bertz CT molecular complexity index is 1080. The highest BCUT2D eigenvalue weighted by molar-refractivity contribution is 7.13. The standard InChI is InChI=1S/C21H26ClN7O4S.ClH/c1-28(2)21(33)14(10-24-17(30)18(31)27-16-7-6-12(22)9-23-16)25-19(32)20-26-13-5-4-8-29(3)11-15(13)34-20;/h6-7,9,14H,4-5,8,10-11H2,1-3H3,(H,24,30)(H,25,32)(H,23,27,31);1H/t14-;/m0./s1. The summed E-state index contributed by atoms with van der Waals surface area (Å²) in [7, 11) is 5.08. The molecule has 0 bridgehead atoms. The molecule has 1 aliphatic rings. The highest BCUT2D eigenvalue weighted by atomic mass is 35.5. The fourth-order valence-electron chi connectivity index (χ4n) is 3.27. The van der Waals surface area contributed by atoms with Crippen molar-refractivity contribution in [2.75, 3.05) is 39.5 Å². The van der Waals surface area contributed by atoms with Crippen LogP contribution >= 0.6 is 35.3 Å². The lowest BCUT2D eigenvalue weighted by Gasteiger charge is -2.21. The lowest BCUT2D eigenvalue weighted by molar-refractivity contribution is -0.136. The van der Waals surface area contributed by atoms with Crippen molar-refractivity contribution in [2.24, 2.45) is 0 Å². The largest absolute Gasteiger partial charge is 0.347 e. The van der Waals surface area contributed by atoms with Gasteiger partial charge >= 0.3 is 11.8 Å². The van der Waals surface area contributed by atoms with Crippen LogP contribution in [0.25, 0.3) is 0 Å². The number of likely N-dealkylation sites (N-methyl/N-ethyl adjacent to an activating group) is 1. The molecule has 0 saturated carbocycles. The molecular formula is C21H27Cl2N7O4S. The number of nitrogens with zero attached hydrogens (tertiary/aromatic N) is 4. The molecule has 0 spiro atoms. The van der Waals surface area contributed by atoms with E-state index in [1.165, 1.54) is 48.7 Å². The van der Waals surface area contributed by atoms with Gasteiger partial charge in [0.05, 0.1) is 10.7 Å². The topological polar surface area (TPSA) is 137 Å². The third-order valence-electron chi connectivity index (χ3n) is 5.03. The molecule has 190 valence electrons. The first-order valence-electron chi connectivity index (χ1n) is 10.5. The molecule has 4 amide bonds. The summed E-state index contributed by atoms with van der Waals surface area (Å²) in [5.41, 5.74) is 0.899. The number of carbonyl (C=O) groups excluding carboxylic acids is 4. The van der Waals surface area contributed by atoms with Crippen molar-refractivity contribution in [1.29, 1.82) is 0 Å². The first-order valence-corrected chi connectivity index (χ1v) is 11.7. The molecule has 0 radical (unpaired) electrons. The molecule has 3 rings (SSSR count). The number of nitrogens with one attached hydrogen (secondary N) is 3. The SMILES string of the molecule is CN1CCCc2nc(C(=O)N[C@@H](CNC(=O)C(=O)Nc3ccc(Cl)cn3)C(=O)N(C)C)sc2C1.Cl. The van der Waals surface area contributed by atoms with Gasteiger partial charge in [0.15, 0.2) is 5.01 Å². The van der Waals surface area contributed by atoms with Crippen LogP contribution in [0.1, 0.15) is 26.8 Å². The molecular weight excluding hydrogens is 517 g/mol. The second-order valence-electron chi connectivity index (χ2n) is 8.01. The van der Waals surface area contributed by atoms with Crippen molar-refractivity contribution in [1.82, 2.24) is 30.4 Å². The Balaban J connectivity index is 0.00000432. The minimum absolute atomic E-state index is 0. The van der Waals surface area contributed by atoms with Gasteiger partial charge in [-0.05, 0) is 38.6 Å². The number of aromatic nitrogens is 2. The van der Waals surface area contributed by atoms with Crippen LogP contribution in [0, 0.1) is 0 Å². The van der Waals surface area contributed by atoms with E-state index in [9.17, 15) is 19.2 Å². The quantitative estimate of drug-likeness (QED) is 0.461. The number of hydrogen-bond donors (Lipinski definition) is 3. The Labute approximate surface area is 218 Å². The minimum Gasteiger partial charge on any atom is -0.347 e. The first-order chi connectivity index (χ1) is 16.1. The van der Waals surface area contributed by atoms with Crippen LogP contribution in [0.4, 0.5) is 5.82 Å². The highest BCUT2D eigenvalue weighted by Crippen LogP contribution is 2.24. The van der Waals surface area contributed by atoms with E-state index in [1.54, 1.807) is 0 Å². The molecule has 1 atom stereocenters. The Morgan fingerprint density at radius 1 is 1.23 bits per heavy atom. The van der Waals surface area contributed by atoms with Gasteiger partial charge < -0.3 is 25.8 Å². The Hall–Kier alpha value is -2.80. The highest BCUT2D eigenvalue weighted by Gasteiger charge is 2.27. The fraction of sp³-hybridized carbons (Fsp3) is 0.429. The average molecular weight is 544 g/mol. The van der Waals surface area contributed by atoms with Gasteiger partial charge in [-0.15, -0.1) is 23.7 Å². The minimum atomic E-state index is -1.08. The van der Waals surface area contributed by atoms with Crippen molar-refractivity contribution in [3.8, 4) is 0 Å². The molecule has 0 unspecified atom stereocenters. The lowest BCUT2D eigenvalue weighted by Crippen LogP contribution is -2.53. The molecule has 0 aromatic carbocycles. The summed E-state index contributed by atoms with van der Waals surface area (Å²) < 4.78 is 0. The molecule has 0 aliphatic carbocycles. The van der Waals surface area contributed by atoms with Gasteiger partial charge in [-0.2, -0.15) is 0 Å². The molecule has 11 nitrogen and oxygen atoms in total. The van der Waals surface area contributed by atoms with Gasteiger partial charge in [-0.3, -0.25) is 19.2 Å². The number of pyridine rings is 1. The number of fused-ring (bicyclic) bond motifs is 1. The number of hydrogen-bond acceptors (Lipinski definition) is 8. The van der Waals surface area contributed by atoms with E-state index < -0.39 is 29.7 Å².